The van der Waals surface area contributed by atoms with Gasteiger partial charge in [0, 0.05) is 0 Å². The van der Waals surface area contributed by atoms with Crippen LogP contribution >= 0.6 is 0 Å². The van der Waals surface area contributed by atoms with Crippen molar-refractivity contribution in [3.05, 3.63) is 11.6 Å². The van der Waals surface area contributed by atoms with E-state index in [1.807, 2.05) is 0 Å². The Bertz CT molecular complexity index is 101. The van der Waals surface area contributed by atoms with Crippen molar-refractivity contribution in [1.29, 1.82) is 0 Å². The van der Waals surface area contributed by atoms with Crippen LogP contribution in [0.2, 0.25) is 0 Å². The smallest absolute Gasteiger partial charge is 0.0323 e. The van der Waals surface area contributed by atoms with Gasteiger partial charge in [-0.25, -0.2) is 0 Å². The number of allylic oxidation sites excluding steroid dienone is 2. The molecule has 0 aromatic heterocycles. The molecule has 0 aliphatic heterocycles. The fraction of sp³-hybridized carbons (Fsp3) is 0.818. The molecular weight excluding hydrogens is 132 g/mol. The Morgan fingerprint density at radius 3 is 2.36 bits per heavy atom. The molecule has 0 heteroatoms. The molecule has 0 rings (SSSR count). The monoisotopic (exact) mass is 154 g/mol. The minimum Gasteiger partial charge on any atom is -0.0856 e. The van der Waals surface area contributed by atoms with Crippen LogP contribution in [0.1, 0.15) is 59.3 Å². The maximum atomic E-state index is 2.38. The Morgan fingerprint density at radius 1 is 1.09 bits per heavy atom. The highest BCUT2D eigenvalue weighted by Gasteiger charge is 1.88. The molecule has 0 aromatic carbocycles. The Balaban J connectivity index is 3.27. The zero-order valence-corrected chi connectivity index (χ0v) is 8.32. The van der Waals surface area contributed by atoms with E-state index in [2.05, 4.69) is 26.8 Å². The van der Waals surface area contributed by atoms with Crippen molar-refractivity contribution in [2.45, 2.75) is 59.3 Å². The lowest BCUT2D eigenvalue weighted by atomic mass is 10.1. The molecule has 0 N–H and O–H groups in total. The van der Waals surface area contributed by atoms with E-state index >= 15 is 0 Å². The second-order valence-electron chi connectivity index (χ2n) is 3.30. The Hall–Kier alpha value is -0.260. The first-order chi connectivity index (χ1) is 5.31. The largest absolute Gasteiger partial charge is 0.0856 e. The molecule has 66 valence electrons. The summed E-state index contributed by atoms with van der Waals surface area (Å²) in [6, 6.07) is 0. The molecule has 0 saturated heterocycles. The zero-order valence-electron chi connectivity index (χ0n) is 8.32. The molecule has 0 nitrogen and oxygen atoms in total. The van der Waals surface area contributed by atoms with Crippen molar-refractivity contribution in [3.63, 3.8) is 0 Å². The first kappa shape index (κ1) is 10.7. The maximum absolute atomic E-state index is 2.38. The fourth-order valence-electron chi connectivity index (χ4n) is 1.15. The van der Waals surface area contributed by atoms with Gasteiger partial charge in [0.25, 0.3) is 0 Å². The third kappa shape index (κ3) is 7.64. The third-order valence-electron chi connectivity index (χ3n) is 1.96. The van der Waals surface area contributed by atoms with Crippen LogP contribution < -0.4 is 0 Å². The van der Waals surface area contributed by atoms with Crippen LogP contribution in [0.4, 0.5) is 0 Å². The van der Waals surface area contributed by atoms with E-state index in [0.717, 1.165) is 0 Å². The SMILES string of the molecule is CCC/C=C(\C)CCCCC. The standard InChI is InChI=1S/C11H22/c1-4-6-8-10-11(3)9-7-5-2/h9H,4-8,10H2,1-3H3/b11-9+. The summed E-state index contributed by atoms with van der Waals surface area (Å²) >= 11 is 0. The fourth-order valence-corrected chi connectivity index (χ4v) is 1.15. The van der Waals surface area contributed by atoms with Gasteiger partial charge in [0.1, 0.15) is 0 Å². The van der Waals surface area contributed by atoms with Crippen LogP contribution in [0.5, 0.6) is 0 Å². The van der Waals surface area contributed by atoms with Crippen LogP contribution in [0.25, 0.3) is 0 Å². The summed E-state index contributed by atoms with van der Waals surface area (Å²) in [7, 11) is 0. The van der Waals surface area contributed by atoms with Gasteiger partial charge < -0.3 is 0 Å². The molecule has 0 radical (unpaired) electrons. The predicted molar refractivity (Wildman–Crippen MR) is 52.8 cm³/mol. The highest BCUT2D eigenvalue weighted by Crippen LogP contribution is 2.09. The summed E-state index contributed by atoms with van der Waals surface area (Å²) in [5.74, 6) is 0. The van der Waals surface area contributed by atoms with Crippen molar-refractivity contribution in [2.24, 2.45) is 0 Å². The predicted octanol–water partition coefficient (Wildman–Crippen LogP) is 4.31. The zero-order chi connectivity index (χ0) is 8.53. The quantitative estimate of drug-likeness (QED) is 0.395. The van der Waals surface area contributed by atoms with Gasteiger partial charge in [-0.3, -0.25) is 0 Å². The van der Waals surface area contributed by atoms with E-state index in [1.165, 1.54) is 38.5 Å². The molecule has 0 aromatic rings. The molecule has 0 spiro atoms. The number of hydrogen-bond donors (Lipinski definition) is 0. The molecule has 11 heavy (non-hydrogen) atoms. The highest BCUT2D eigenvalue weighted by atomic mass is 13.9. The van der Waals surface area contributed by atoms with E-state index in [0.29, 0.717) is 0 Å². The van der Waals surface area contributed by atoms with Gasteiger partial charge in [0.15, 0.2) is 0 Å². The Labute approximate surface area is 71.7 Å². The summed E-state index contributed by atoms with van der Waals surface area (Å²) in [4.78, 5) is 0. The summed E-state index contributed by atoms with van der Waals surface area (Å²) in [5, 5.41) is 0. The average Bonchev–Trinajstić information content (AvgIpc) is 2.01. The van der Waals surface area contributed by atoms with Crippen LogP contribution in [0, 0.1) is 0 Å². The summed E-state index contributed by atoms with van der Waals surface area (Å²) in [6.07, 6.45) is 10.3. The molecule has 0 aliphatic carbocycles. The number of unbranched alkanes of at least 4 members (excludes halogenated alkanes) is 3. The third-order valence-corrected chi connectivity index (χ3v) is 1.96. The molecule has 0 amide bonds. The molecule has 0 atom stereocenters. The van der Waals surface area contributed by atoms with Gasteiger partial charge in [-0.2, -0.15) is 0 Å². The lowest BCUT2D eigenvalue weighted by Crippen LogP contribution is -1.78. The summed E-state index contributed by atoms with van der Waals surface area (Å²) in [5.41, 5.74) is 1.58. The van der Waals surface area contributed by atoms with Gasteiger partial charge >= 0.3 is 0 Å². The van der Waals surface area contributed by atoms with Crippen LogP contribution in [-0.2, 0) is 0 Å². The Morgan fingerprint density at radius 2 is 1.82 bits per heavy atom. The van der Waals surface area contributed by atoms with Crippen LogP contribution in [0.15, 0.2) is 11.6 Å². The second kappa shape index (κ2) is 7.84. The maximum Gasteiger partial charge on any atom is -0.0323 e. The van der Waals surface area contributed by atoms with E-state index in [9.17, 15) is 0 Å². The molecule has 0 bridgehead atoms. The van der Waals surface area contributed by atoms with Gasteiger partial charge in [0.05, 0.1) is 0 Å². The van der Waals surface area contributed by atoms with E-state index in [4.69, 9.17) is 0 Å². The first-order valence-corrected chi connectivity index (χ1v) is 4.96. The second-order valence-corrected chi connectivity index (χ2v) is 3.30. The average molecular weight is 154 g/mol. The van der Waals surface area contributed by atoms with E-state index in [-0.39, 0.29) is 0 Å². The van der Waals surface area contributed by atoms with E-state index < -0.39 is 0 Å². The molecule has 0 aliphatic rings. The van der Waals surface area contributed by atoms with Crippen molar-refractivity contribution >= 4 is 0 Å². The topological polar surface area (TPSA) is 0 Å². The molecule has 0 heterocycles. The molecule has 0 fully saturated rings. The minimum absolute atomic E-state index is 1.26. The van der Waals surface area contributed by atoms with Crippen LogP contribution in [0.3, 0.4) is 0 Å². The van der Waals surface area contributed by atoms with Crippen LogP contribution in [-0.4, -0.2) is 0 Å². The molecular formula is C11H22. The van der Waals surface area contributed by atoms with E-state index in [1.54, 1.807) is 5.57 Å². The first-order valence-electron chi connectivity index (χ1n) is 4.96. The van der Waals surface area contributed by atoms with Crippen molar-refractivity contribution in [1.82, 2.24) is 0 Å². The van der Waals surface area contributed by atoms with Crippen molar-refractivity contribution in [3.8, 4) is 0 Å². The summed E-state index contributed by atoms with van der Waals surface area (Å²) in [6.45, 7) is 6.74. The Kier molecular flexibility index (Phi) is 7.66. The van der Waals surface area contributed by atoms with Gasteiger partial charge in [-0.1, -0.05) is 44.8 Å². The number of rotatable bonds is 6. The lowest BCUT2D eigenvalue weighted by Gasteiger charge is -1.99. The highest BCUT2D eigenvalue weighted by molar-refractivity contribution is 4.97. The minimum atomic E-state index is 1.26. The normalized spacial score (nSPS) is 12.1. The van der Waals surface area contributed by atoms with Gasteiger partial charge in [0.2, 0.25) is 0 Å². The molecule has 0 saturated carbocycles. The lowest BCUT2D eigenvalue weighted by molar-refractivity contribution is 0.710. The van der Waals surface area contributed by atoms with Crippen molar-refractivity contribution in [2.75, 3.05) is 0 Å². The number of hydrogen-bond acceptors (Lipinski definition) is 0. The van der Waals surface area contributed by atoms with Crippen molar-refractivity contribution < 1.29 is 0 Å². The summed E-state index contributed by atoms with van der Waals surface area (Å²) < 4.78 is 0. The molecule has 0 unspecified atom stereocenters. The van der Waals surface area contributed by atoms with Gasteiger partial charge in [-0.15, -0.1) is 0 Å². The van der Waals surface area contributed by atoms with Gasteiger partial charge in [-0.05, 0) is 26.2 Å².